The van der Waals surface area contributed by atoms with Crippen LogP contribution in [0.1, 0.15) is 25.0 Å². The summed E-state index contributed by atoms with van der Waals surface area (Å²) in [6.45, 7) is 0.403. The fraction of sp³-hybridized carbons (Fsp3) is 0.611. The zero-order valence-corrected chi connectivity index (χ0v) is 19.3. The molecule has 0 aromatic carbocycles. The second kappa shape index (κ2) is 14.7. The van der Waals surface area contributed by atoms with Crippen molar-refractivity contribution in [2.24, 2.45) is 11.5 Å². The maximum absolute atomic E-state index is 12.7. The fourth-order valence-electron chi connectivity index (χ4n) is 2.69. The van der Waals surface area contributed by atoms with Crippen molar-refractivity contribution < 1.29 is 24.3 Å². The molecule has 0 spiro atoms. The molecule has 0 saturated carbocycles. The van der Waals surface area contributed by atoms with E-state index >= 15 is 0 Å². The summed E-state index contributed by atoms with van der Waals surface area (Å²) in [5.74, 6) is -3.29. The molecule has 3 amide bonds. The van der Waals surface area contributed by atoms with Gasteiger partial charge in [0.1, 0.15) is 18.1 Å². The van der Waals surface area contributed by atoms with Crippen molar-refractivity contribution in [2.75, 3.05) is 18.1 Å². The molecule has 14 heteroatoms. The molecule has 0 fully saturated rings. The van der Waals surface area contributed by atoms with Gasteiger partial charge in [0, 0.05) is 29.8 Å². The lowest BCUT2D eigenvalue weighted by molar-refractivity contribution is -0.141. The van der Waals surface area contributed by atoms with Crippen molar-refractivity contribution in [1.82, 2.24) is 25.9 Å². The van der Waals surface area contributed by atoms with Crippen LogP contribution in [0.5, 0.6) is 0 Å². The van der Waals surface area contributed by atoms with Crippen molar-refractivity contribution in [3.05, 3.63) is 18.2 Å². The standard InChI is InChI=1S/C18H31N7O5S2/c19-4-2-1-3-12(16(27)25-14(8-32)18(29)30)23-17(28)13(7-31)24-15(26)11(20)5-10-6-21-9-22-10/h6,9,11-14,31-32H,1-5,7-8,19-20H2,(H,21,22)(H,23,28)(H,24,26)(H,25,27)(H,29,30). The first-order valence-electron chi connectivity index (χ1n) is 10.0. The fourth-order valence-corrected chi connectivity index (χ4v) is 3.20. The summed E-state index contributed by atoms with van der Waals surface area (Å²) in [4.78, 5) is 55.5. The van der Waals surface area contributed by atoms with Gasteiger partial charge in [0.15, 0.2) is 0 Å². The molecule has 0 aliphatic rings. The van der Waals surface area contributed by atoms with Gasteiger partial charge < -0.3 is 37.5 Å². The molecule has 1 aromatic heterocycles. The number of carboxylic acids is 1. The van der Waals surface area contributed by atoms with E-state index < -0.39 is 47.9 Å². The first-order valence-corrected chi connectivity index (χ1v) is 11.3. The van der Waals surface area contributed by atoms with Crippen LogP contribution in [0.3, 0.4) is 0 Å². The molecule has 180 valence electrons. The van der Waals surface area contributed by atoms with Crippen LogP contribution in [-0.4, -0.2) is 81.0 Å². The Hall–Kier alpha value is -2.29. The van der Waals surface area contributed by atoms with Crippen LogP contribution >= 0.6 is 25.3 Å². The van der Waals surface area contributed by atoms with Crippen molar-refractivity contribution >= 4 is 48.9 Å². The first-order chi connectivity index (χ1) is 15.2. The molecule has 9 N–H and O–H groups in total. The number of aliphatic carboxylic acids is 1. The lowest BCUT2D eigenvalue weighted by atomic mass is 10.1. The highest BCUT2D eigenvalue weighted by Crippen LogP contribution is 2.04. The summed E-state index contributed by atoms with van der Waals surface area (Å²) in [6.07, 6.45) is 4.57. The molecule has 0 saturated heterocycles. The molecule has 1 rings (SSSR count). The molecule has 32 heavy (non-hydrogen) atoms. The Kier molecular flexibility index (Phi) is 12.8. The van der Waals surface area contributed by atoms with Crippen LogP contribution in [0.15, 0.2) is 12.5 Å². The summed E-state index contributed by atoms with van der Waals surface area (Å²) in [5.41, 5.74) is 12.0. The number of thiol groups is 2. The molecule has 4 unspecified atom stereocenters. The monoisotopic (exact) mass is 489 g/mol. The molecule has 12 nitrogen and oxygen atoms in total. The third kappa shape index (κ3) is 9.46. The number of nitrogens with one attached hydrogen (secondary N) is 4. The Balaban J connectivity index is 2.77. The smallest absolute Gasteiger partial charge is 0.327 e. The zero-order chi connectivity index (χ0) is 24.1. The van der Waals surface area contributed by atoms with Crippen LogP contribution in [-0.2, 0) is 25.6 Å². The van der Waals surface area contributed by atoms with Crippen LogP contribution in [0.25, 0.3) is 0 Å². The lowest BCUT2D eigenvalue weighted by Gasteiger charge is -2.24. The van der Waals surface area contributed by atoms with Gasteiger partial charge in [-0.05, 0) is 25.8 Å². The highest BCUT2D eigenvalue weighted by atomic mass is 32.1. The van der Waals surface area contributed by atoms with E-state index in [0.717, 1.165) is 0 Å². The predicted molar refractivity (Wildman–Crippen MR) is 124 cm³/mol. The number of carbonyl (C=O) groups excluding carboxylic acids is 3. The summed E-state index contributed by atoms with van der Waals surface area (Å²) >= 11 is 8.02. The lowest BCUT2D eigenvalue weighted by Crippen LogP contribution is -2.58. The Labute approximate surface area is 196 Å². The third-order valence-corrected chi connectivity index (χ3v) is 5.25. The number of nitrogens with zero attached hydrogens (tertiary/aromatic N) is 1. The molecule has 1 heterocycles. The number of aromatic amines is 1. The zero-order valence-electron chi connectivity index (χ0n) is 17.5. The van der Waals surface area contributed by atoms with E-state index in [1.54, 1.807) is 0 Å². The number of carboxylic acid groups (broad SMARTS) is 1. The molecule has 0 bridgehead atoms. The molecule has 0 aliphatic heterocycles. The maximum Gasteiger partial charge on any atom is 0.327 e. The normalized spacial score (nSPS) is 14.6. The van der Waals surface area contributed by atoms with Crippen molar-refractivity contribution in [3.63, 3.8) is 0 Å². The number of rotatable bonds is 15. The van der Waals surface area contributed by atoms with Gasteiger partial charge in [0.25, 0.3) is 0 Å². The van der Waals surface area contributed by atoms with Crippen LogP contribution in [0, 0.1) is 0 Å². The number of aromatic nitrogens is 2. The van der Waals surface area contributed by atoms with E-state index in [0.29, 0.717) is 25.1 Å². The van der Waals surface area contributed by atoms with E-state index in [-0.39, 0.29) is 24.3 Å². The average Bonchev–Trinajstić information content (AvgIpc) is 3.27. The highest BCUT2D eigenvalue weighted by molar-refractivity contribution is 7.80. The van der Waals surface area contributed by atoms with E-state index in [2.05, 4.69) is 51.2 Å². The van der Waals surface area contributed by atoms with Gasteiger partial charge in [0.05, 0.1) is 12.4 Å². The summed E-state index contributed by atoms with van der Waals surface area (Å²) in [6, 6.07) is -4.21. The van der Waals surface area contributed by atoms with Gasteiger partial charge in [-0.15, -0.1) is 0 Å². The van der Waals surface area contributed by atoms with Crippen molar-refractivity contribution in [1.29, 1.82) is 0 Å². The number of unbranched alkanes of at least 4 members (excludes halogenated alkanes) is 1. The number of imidazole rings is 1. The Bertz CT molecular complexity index is 750. The van der Waals surface area contributed by atoms with Gasteiger partial charge in [-0.3, -0.25) is 14.4 Å². The Morgan fingerprint density at radius 2 is 1.59 bits per heavy atom. The minimum absolute atomic E-state index is 0.0418. The minimum Gasteiger partial charge on any atom is -0.480 e. The Morgan fingerprint density at radius 1 is 1.00 bits per heavy atom. The number of carbonyl (C=O) groups is 4. The molecule has 0 aliphatic carbocycles. The Morgan fingerprint density at radius 3 is 2.12 bits per heavy atom. The number of amides is 3. The van der Waals surface area contributed by atoms with Gasteiger partial charge in [-0.1, -0.05) is 0 Å². The molecular formula is C18H31N7O5S2. The second-order valence-corrected chi connectivity index (χ2v) is 7.79. The second-order valence-electron chi connectivity index (χ2n) is 7.06. The summed E-state index contributed by atoms with van der Waals surface area (Å²) in [5, 5.41) is 16.5. The quantitative estimate of drug-likeness (QED) is 0.0974. The number of nitrogens with two attached hydrogens (primary N) is 2. The van der Waals surface area contributed by atoms with Crippen LogP contribution < -0.4 is 27.4 Å². The molecule has 4 atom stereocenters. The molecule has 1 aromatic rings. The summed E-state index contributed by atoms with van der Waals surface area (Å²) in [7, 11) is 0. The third-order valence-electron chi connectivity index (χ3n) is 4.52. The first kappa shape index (κ1) is 27.7. The largest absolute Gasteiger partial charge is 0.480 e. The molecular weight excluding hydrogens is 458 g/mol. The van der Waals surface area contributed by atoms with E-state index in [4.69, 9.17) is 16.6 Å². The van der Waals surface area contributed by atoms with Gasteiger partial charge >= 0.3 is 5.97 Å². The number of hydrogen-bond acceptors (Lipinski definition) is 9. The SMILES string of the molecule is NCCCCC(NC(=O)C(CS)NC(=O)C(N)Cc1cnc[nH]1)C(=O)NC(CS)C(=O)O. The highest BCUT2D eigenvalue weighted by Gasteiger charge is 2.29. The van der Waals surface area contributed by atoms with Gasteiger partial charge in [0.2, 0.25) is 17.7 Å². The average molecular weight is 490 g/mol. The summed E-state index contributed by atoms with van der Waals surface area (Å²) < 4.78 is 0. The van der Waals surface area contributed by atoms with Gasteiger partial charge in [-0.25, -0.2) is 9.78 Å². The van der Waals surface area contributed by atoms with E-state index in [1.165, 1.54) is 12.5 Å². The van der Waals surface area contributed by atoms with E-state index in [1.807, 2.05) is 0 Å². The predicted octanol–water partition coefficient (Wildman–Crippen LogP) is -2.19. The van der Waals surface area contributed by atoms with Gasteiger partial charge in [-0.2, -0.15) is 25.3 Å². The van der Waals surface area contributed by atoms with Crippen LogP contribution in [0.2, 0.25) is 0 Å². The molecule has 0 radical (unpaired) electrons. The minimum atomic E-state index is -1.24. The van der Waals surface area contributed by atoms with Crippen molar-refractivity contribution in [2.45, 2.75) is 49.9 Å². The van der Waals surface area contributed by atoms with E-state index in [9.17, 15) is 19.2 Å². The maximum atomic E-state index is 12.7. The number of H-pyrrole nitrogens is 1. The van der Waals surface area contributed by atoms with Crippen LogP contribution in [0.4, 0.5) is 0 Å². The topological polar surface area (TPSA) is 205 Å². The van der Waals surface area contributed by atoms with Crippen molar-refractivity contribution in [3.8, 4) is 0 Å². The number of hydrogen-bond donors (Lipinski definition) is 9.